The highest BCUT2D eigenvalue weighted by molar-refractivity contribution is 7.89. The molecule has 0 saturated heterocycles. The first-order valence-corrected chi connectivity index (χ1v) is 11.3. The van der Waals surface area contributed by atoms with Crippen LogP contribution in [0.3, 0.4) is 0 Å². The van der Waals surface area contributed by atoms with Crippen LogP contribution < -0.4 is 4.72 Å². The molecule has 1 aromatic carbocycles. The SMILES string of the molecule is COC(NS(=O)(=O)c1ccc(Cl)c(C(F)(F)F)c1)c1cc(Cl)cnc1C(O)c1ccncc1. The lowest BCUT2D eigenvalue weighted by atomic mass is 10.0. The van der Waals surface area contributed by atoms with Gasteiger partial charge in [0.1, 0.15) is 12.3 Å². The molecule has 0 aliphatic rings. The highest BCUT2D eigenvalue weighted by Gasteiger charge is 2.35. The molecular weight excluding hydrogens is 506 g/mol. The summed E-state index contributed by atoms with van der Waals surface area (Å²) in [7, 11) is -3.37. The minimum absolute atomic E-state index is 0.0206. The Bertz CT molecular complexity index is 1250. The molecule has 2 atom stereocenters. The number of halogens is 5. The summed E-state index contributed by atoms with van der Waals surface area (Å²) < 4.78 is 72.7. The zero-order valence-corrected chi connectivity index (χ0v) is 19.0. The van der Waals surface area contributed by atoms with Gasteiger partial charge in [0.25, 0.3) is 0 Å². The standard InChI is InChI=1S/C20H16Cl2F3N3O4S/c1-32-19(28-33(30,31)13-2-3-16(22)15(9-13)20(23,24)25)14-8-12(21)10-27-17(14)18(29)11-4-6-26-7-5-11/h2-10,18-19,28-29H,1H3. The smallest absolute Gasteiger partial charge is 0.382 e. The molecule has 176 valence electrons. The van der Waals surface area contributed by atoms with Gasteiger partial charge in [0.05, 0.1) is 26.2 Å². The number of aliphatic hydroxyl groups is 1. The summed E-state index contributed by atoms with van der Waals surface area (Å²) in [6, 6.07) is 6.57. The summed E-state index contributed by atoms with van der Waals surface area (Å²) in [5.41, 5.74) is -0.819. The van der Waals surface area contributed by atoms with Gasteiger partial charge in [0.2, 0.25) is 10.0 Å². The number of rotatable bonds is 7. The van der Waals surface area contributed by atoms with E-state index in [1.807, 2.05) is 0 Å². The van der Waals surface area contributed by atoms with Crippen molar-refractivity contribution >= 4 is 33.2 Å². The summed E-state index contributed by atoms with van der Waals surface area (Å²) in [4.78, 5) is 7.28. The molecule has 0 amide bonds. The van der Waals surface area contributed by atoms with Crippen LogP contribution in [0.15, 0.2) is 59.9 Å². The highest BCUT2D eigenvalue weighted by atomic mass is 35.5. The van der Waals surface area contributed by atoms with Crippen molar-refractivity contribution in [3.05, 3.63) is 87.4 Å². The predicted octanol–water partition coefficient (Wildman–Crippen LogP) is 4.51. The average molecular weight is 522 g/mol. The van der Waals surface area contributed by atoms with Crippen LogP contribution in [0.25, 0.3) is 0 Å². The average Bonchev–Trinajstić information content (AvgIpc) is 2.77. The van der Waals surface area contributed by atoms with E-state index in [0.717, 1.165) is 12.1 Å². The minimum atomic E-state index is -4.86. The number of hydrogen-bond donors (Lipinski definition) is 2. The number of pyridine rings is 2. The summed E-state index contributed by atoms with van der Waals surface area (Å²) in [6.07, 6.45) is -3.46. The summed E-state index contributed by atoms with van der Waals surface area (Å²) in [6.45, 7) is 0. The van der Waals surface area contributed by atoms with Gasteiger partial charge in [-0.15, -0.1) is 0 Å². The first-order valence-electron chi connectivity index (χ1n) is 9.09. The van der Waals surface area contributed by atoms with E-state index in [4.69, 9.17) is 27.9 Å². The third-order valence-electron chi connectivity index (χ3n) is 4.53. The molecule has 2 heterocycles. The maximum atomic E-state index is 13.2. The maximum Gasteiger partial charge on any atom is 0.417 e. The topological polar surface area (TPSA) is 101 Å². The quantitative estimate of drug-likeness (QED) is 0.443. The minimum Gasteiger partial charge on any atom is -0.382 e. The molecule has 3 aromatic rings. The Morgan fingerprint density at radius 3 is 2.39 bits per heavy atom. The largest absolute Gasteiger partial charge is 0.417 e. The molecule has 0 aliphatic carbocycles. The summed E-state index contributed by atoms with van der Waals surface area (Å²) in [5.74, 6) is 0. The second-order valence-electron chi connectivity index (χ2n) is 6.69. The zero-order valence-electron chi connectivity index (χ0n) is 16.7. The third kappa shape index (κ3) is 5.81. The van der Waals surface area contributed by atoms with Crippen molar-refractivity contribution in [2.45, 2.75) is 23.4 Å². The van der Waals surface area contributed by atoms with Crippen LogP contribution in [0, 0.1) is 0 Å². The Labute approximate surface area is 197 Å². The predicted molar refractivity (Wildman–Crippen MR) is 114 cm³/mol. The normalized spacial score (nSPS) is 14.2. The first kappa shape index (κ1) is 25.3. The maximum absolute atomic E-state index is 13.2. The second-order valence-corrected chi connectivity index (χ2v) is 9.25. The van der Waals surface area contributed by atoms with E-state index >= 15 is 0 Å². The van der Waals surface area contributed by atoms with Gasteiger partial charge >= 0.3 is 6.18 Å². The van der Waals surface area contributed by atoms with Crippen LogP contribution in [-0.4, -0.2) is 30.6 Å². The highest BCUT2D eigenvalue weighted by Crippen LogP contribution is 2.36. The van der Waals surface area contributed by atoms with Gasteiger partial charge in [-0.3, -0.25) is 9.97 Å². The van der Waals surface area contributed by atoms with E-state index in [0.29, 0.717) is 11.6 Å². The number of aromatic nitrogens is 2. The van der Waals surface area contributed by atoms with Crippen molar-refractivity contribution in [1.82, 2.24) is 14.7 Å². The van der Waals surface area contributed by atoms with Gasteiger partial charge in [-0.2, -0.15) is 17.9 Å². The lowest BCUT2D eigenvalue weighted by molar-refractivity contribution is -0.137. The number of hydrogen-bond acceptors (Lipinski definition) is 6. The third-order valence-corrected chi connectivity index (χ3v) is 6.47. The van der Waals surface area contributed by atoms with E-state index in [-0.39, 0.29) is 16.3 Å². The van der Waals surface area contributed by atoms with Gasteiger partial charge in [0.15, 0.2) is 0 Å². The Morgan fingerprint density at radius 1 is 1.12 bits per heavy atom. The molecule has 0 bridgehead atoms. The zero-order chi connectivity index (χ0) is 24.4. The van der Waals surface area contributed by atoms with Gasteiger partial charge in [0, 0.05) is 31.3 Å². The molecule has 2 aromatic heterocycles. The molecule has 0 radical (unpaired) electrons. The van der Waals surface area contributed by atoms with Gasteiger partial charge in [-0.1, -0.05) is 23.2 Å². The molecule has 33 heavy (non-hydrogen) atoms. The molecule has 0 spiro atoms. The fraction of sp³-hybridized carbons (Fsp3) is 0.200. The lowest BCUT2D eigenvalue weighted by Gasteiger charge is -2.22. The van der Waals surface area contributed by atoms with Crippen LogP contribution in [0.5, 0.6) is 0 Å². The fourth-order valence-corrected chi connectivity index (χ4v) is 4.50. The molecule has 13 heteroatoms. The second kappa shape index (κ2) is 9.92. The Balaban J connectivity index is 2.02. The number of aliphatic hydroxyl groups excluding tert-OH is 1. The van der Waals surface area contributed by atoms with Crippen LogP contribution in [-0.2, 0) is 20.9 Å². The van der Waals surface area contributed by atoms with Crippen LogP contribution in [0.2, 0.25) is 10.0 Å². The van der Waals surface area contributed by atoms with E-state index in [9.17, 15) is 26.7 Å². The number of benzene rings is 1. The number of nitrogens with one attached hydrogen (secondary N) is 1. The Morgan fingerprint density at radius 2 is 1.79 bits per heavy atom. The van der Waals surface area contributed by atoms with E-state index < -0.39 is 44.0 Å². The van der Waals surface area contributed by atoms with Crippen LogP contribution in [0.4, 0.5) is 13.2 Å². The van der Waals surface area contributed by atoms with Crippen LogP contribution >= 0.6 is 23.2 Å². The Kier molecular flexibility index (Phi) is 7.62. The molecule has 0 fully saturated rings. The van der Waals surface area contributed by atoms with Crippen molar-refractivity contribution in [1.29, 1.82) is 0 Å². The van der Waals surface area contributed by atoms with Crippen molar-refractivity contribution < 1.29 is 31.4 Å². The number of sulfonamides is 1. The van der Waals surface area contributed by atoms with E-state index in [1.54, 1.807) is 0 Å². The van der Waals surface area contributed by atoms with Crippen LogP contribution in [0.1, 0.15) is 34.7 Å². The van der Waals surface area contributed by atoms with E-state index in [1.165, 1.54) is 43.9 Å². The number of alkyl halides is 3. The van der Waals surface area contributed by atoms with Crippen molar-refractivity contribution in [3.63, 3.8) is 0 Å². The summed E-state index contributed by atoms with van der Waals surface area (Å²) in [5, 5.41) is 10.2. The molecule has 7 nitrogen and oxygen atoms in total. The fourth-order valence-electron chi connectivity index (χ4n) is 2.94. The molecule has 3 rings (SSSR count). The lowest BCUT2D eigenvalue weighted by Crippen LogP contribution is -2.31. The number of methoxy groups -OCH3 is 1. The van der Waals surface area contributed by atoms with E-state index in [2.05, 4.69) is 14.7 Å². The molecule has 2 N–H and O–H groups in total. The van der Waals surface area contributed by atoms with Crippen molar-refractivity contribution in [2.24, 2.45) is 0 Å². The monoisotopic (exact) mass is 521 g/mol. The number of ether oxygens (including phenoxy) is 1. The van der Waals surface area contributed by atoms with Gasteiger partial charge < -0.3 is 9.84 Å². The summed E-state index contributed by atoms with van der Waals surface area (Å²) >= 11 is 11.6. The Hall–Kier alpha value is -2.28. The first-order chi connectivity index (χ1) is 15.4. The van der Waals surface area contributed by atoms with Crippen molar-refractivity contribution in [3.8, 4) is 0 Å². The molecular formula is C20H16Cl2F3N3O4S. The molecule has 0 saturated carbocycles. The van der Waals surface area contributed by atoms with Crippen molar-refractivity contribution in [2.75, 3.05) is 7.11 Å². The van der Waals surface area contributed by atoms with Gasteiger partial charge in [-0.05, 0) is 42.0 Å². The number of nitrogens with zero attached hydrogens (tertiary/aromatic N) is 2. The molecule has 0 aliphatic heterocycles. The van der Waals surface area contributed by atoms with Gasteiger partial charge in [-0.25, -0.2) is 8.42 Å². The molecule has 2 unspecified atom stereocenters.